The molecule has 2 N–H and O–H groups in total. The number of rotatable bonds is 4. The number of morpholine rings is 1. The molecule has 1 atom stereocenters. The number of aromatic nitrogens is 2. The predicted molar refractivity (Wildman–Crippen MR) is 92.0 cm³/mol. The Kier molecular flexibility index (Phi) is 5.22. The van der Waals surface area contributed by atoms with E-state index in [0.29, 0.717) is 12.4 Å². The Balaban J connectivity index is 1.50. The van der Waals surface area contributed by atoms with E-state index in [0.717, 1.165) is 31.1 Å². The van der Waals surface area contributed by atoms with E-state index in [2.05, 4.69) is 32.4 Å². The Bertz CT molecular complexity index is 662. The zero-order chi connectivity index (χ0) is 16.8. The van der Waals surface area contributed by atoms with Crippen molar-refractivity contribution in [2.45, 2.75) is 19.6 Å². The van der Waals surface area contributed by atoms with Crippen molar-refractivity contribution >= 4 is 17.7 Å². The Hall–Kier alpha value is -2.67. The third-order valence-corrected chi connectivity index (χ3v) is 3.73. The fraction of sp³-hybridized carbons (Fsp3) is 0.353. The number of anilines is 2. The Morgan fingerprint density at radius 1 is 1.33 bits per heavy atom. The fourth-order valence-corrected chi connectivity index (χ4v) is 2.51. The van der Waals surface area contributed by atoms with E-state index < -0.39 is 0 Å². The molecule has 3 rings (SSSR count). The molecule has 1 unspecified atom stereocenters. The number of carbonyl (C=O) groups is 1. The van der Waals surface area contributed by atoms with Gasteiger partial charge < -0.3 is 15.0 Å². The molecule has 1 fully saturated rings. The number of amides is 2. The van der Waals surface area contributed by atoms with Crippen LogP contribution in [0.2, 0.25) is 0 Å². The van der Waals surface area contributed by atoms with E-state index >= 15 is 0 Å². The van der Waals surface area contributed by atoms with Gasteiger partial charge in [-0.3, -0.25) is 5.32 Å². The van der Waals surface area contributed by atoms with Crippen LogP contribution in [0.15, 0.2) is 42.7 Å². The Morgan fingerprint density at radius 2 is 2.25 bits per heavy atom. The van der Waals surface area contributed by atoms with Crippen LogP contribution in [0, 0.1) is 0 Å². The zero-order valence-corrected chi connectivity index (χ0v) is 13.6. The second-order valence-electron chi connectivity index (χ2n) is 5.67. The lowest BCUT2D eigenvalue weighted by atomic mass is 10.2. The minimum atomic E-state index is -0.292. The standard InChI is InChI=1S/C17H21N5O2/c1-13-12-22(8-9-24-13)16-6-5-14(10-19-16)11-20-17(23)21-15-4-2-3-7-18-15/h2-7,10,13H,8-9,11-12H2,1H3,(H2,18,20,21,23). The second kappa shape index (κ2) is 7.74. The van der Waals surface area contributed by atoms with E-state index in [-0.39, 0.29) is 12.1 Å². The number of pyridine rings is 2. The molecular weight excluding hydrogens is 306 g/mol. The molecular formula is C17H21N5O2. The van der Waals surface area contributed by atoms with Crippen molar-refractivity contribution in [2.75, 3.05) is 29.9 Å². The summed E-state index contributed by atoms with van der Waals surface area (Å²) in [4.78, 5) is 22.6. The third kappa shape index (κ3) is 4.42. The predicted octanol–water partition coefficient (Wildman–Crippen LogP) is 2.02. The Morgan fingerprint density at radius 3 is 2.96 bits per heavy atom. The van der Waals surface area contributed by atoms with Gasteiger partial charge in [0.25, 0.3) is 0 Å². The van der Waals surface area contributed by atoms with E-state index in [9.17, 15) is 4.79 Å². The van der Waals surface area contributed by atoms with Crippen molar-refractivity contribution < 1.29 is 9.53 Å². The van der Waals surface area contributed by atoms with Crippen molar-refractivity contribution in [3.8, 4) is 0 Å². The SMILES string of the molecule is CC1CN(c2ccc(CNC(=O)Nc3ccccn3)cn2)CCO1. The van der Waals surface area contributed by atoms with Gasteiger partial charge in [-0.15, -0.1) is 0 Å². The molecule has 1 saturated heterocycles. The summed E-state index contributed by atoms with van der Waals surface area (Å²) in [7, 11) is 0. The highest BCUT2D eigenvalue weighted by Crippen LogP contribution is 2.15. The van der Waals surface area contributed by atoms with Gasteiger partial charge in [0.15, 0.2) is 0 Å². The second-order valence-corrected chi connectivity index (χ2v) is 5.67. The fourth-order valence-electron chi connectivity index (χ4n) is 2.51. The molecule has 3 heterocycles. The minimum absolute atomic E-state index is 0.220. The van der Waals surface area contributed by atoms with Crippen LogP contribution in [0.3, 0.4) is 0 Å². The molecule has 2 amide bonds. The van der Waals surface area contributed by atoms with Gasteiger partial charge in [-0.25, -0.2) is 14.8 Å². The normalized spacial score (nSPS) is 17.4. The quantitative estimate of drug-likeness (QED) is 0.898. The molecule has 126 valence electrons. The van der Waals surface area contributed by atoms with Gasteiger partial charge in [0, 0.05) is 32.0 Å². The number of hydrogen-bond acceptors (Lipinski definition) is 5. The topological polar surface area (TPSA) is 79.4 Å². The molecule has 7 nitrogen and oxygen atoms in total. The molecule has 2 aromatic heterocycles. The van der Waals surface area contributed by atoms with Crippen molar-refractivity contribution in [3.05, 3.63) is 48.3 Å². The summed E-state index contributed by atoms with van der Waals surface area (Å²) in [5, 5.41) is 5.47. The average molecular weight is 327 g/mol. The van der Waals surface area contributed by atoms with Gasteiger partial charge in [0.2, 0.25) is 0 Å². The van der Waals surface area contributed by atoms with E-state index in [4.69, 9.17) is 4.74 Å². The molecule has 7 heteroatoms. The van der Waals surface area contributed by atoms with Crippen LogP contribution in [0.5, 0.6) is 0 Å². The monoisotopic (exact) mass is 327 g/mol. The molecule has 0 aromatic carbocycles. The smallest absolute Gasteiger partial charge is 0.320 e. The first-order valence-corrected chi connectivity index (χ1v) is 7.98. The largest absolute Gasteiger partial charge is 0.375 e. The van der Waals surface area contributed by atoms with Crippen molar-refractivity contribution in [1.29, 1.82) is 0 Å². The van der Waals surface area contributed by atoms with Crippen LogP contribution in [-0.2, 0) is 11.3 Å². The summed E-state index contributed by atoms with van der Waals surface area (Å²) >= 11 is 0. The molecule has 24 heavy (non-hydrogen) atoms. The highest BCUT2D eigenvalue weighted by Gasteiger charge is 2.17. The summed E-state index contributed by atoms with van der Waals surface area (Å²) in [6.07, 6.45) is 3.64. The van der Waals surface area contributed by atoms with Crippen LogP contribution in [-0.4, -0.2) is 41.8 Å². The maximum Gasteiger partial charge on any atom is 0.320 e. The van der Waals surface area contributed by atoms with Crippen LogP contribution in [0.25, 0.3) is 0 Å². The molecule has 0 bridgehead atoms. The summed E-state index contributed by atoms with van der Waals surface area (Å²) in [5.74, 6) is 1.46. The van der Waals surface area contributed by atoms with Crippen molar-refractivity contribution in [3.63, 3.8) is 0 Å². The van der Waals surface area contributed by atoms with Crippen LogP contribution < -0.4 is 15.5 Å². The number of carbonyl (C=O) groups excluding carboxylic acids is 1. The lowest BCUT2D eigenvalue weighted by Crippen LogP contribution is -2.41. The van der Waals surface area contributed by atoms with Gasteiger partial charge in [-0.1, -0.05) is 12.1 Å². The number of hydrogen-bond donors (Lipinski definition) is 2. The van der Waals surface area contributed by atoms with Crippen LogP contribution >= 0.6 is 0 Å². The van der Waals surface area contributed by atoms with Gasteiger partial charge in [-0.05, 0) is 30.7 Å². The summed E-state index contributed by atoms with van der Waals surface area (Å²) < 4.78 is 5.54. The van der Waals surface area contributed by atoms with Gasteiger partial charge >= 0.3 is 6.03 Å². The number of urea groups is 1. The summed E-state index contributed by atoms with van der Waals surface area (Å²) in [6.45, 7) is 4.88. The third-order valence-electron chi connectivity index (χ3n) is 3.73. The minimum Gasteiger partial charge on any atom is -0.375 e. The van der Waals surface area contributed by atoms with Gasteiger partial charge in [0.05, 0.1) is 12.7 Å². The summed E-state index contributed by atoms with van der Waals surface area (Å²) in [5.41, 5.74) is 0.941. The van der Waals surface area contributed by atoms with Crippen LogP contribution in [0.4, 0.5) is 16.4 Å². The van der Waals surface area contributed by atoms with Crippen molar-refractivity contribution in [1.82, 2.24) is 15.3 Å². The highest BCUT2D eigenvalue weighted by molar-refractivity contribution is 5.88. The van der Waals surface area contributed by atoms with Crippen LogP contribution in [0.1, 0.15) is 12.5 Å². The highest BCUT2D eigenvalue weighted by atomic mass is 16.5. The molecule has 1 aliphatic heterocycles. The first-order valence-electron chi connectivity index (χ1n) is 7.98. The number of nitrogens with zero attached hydrogens (tertiary/aromatic N) is 3. The number of nitrogens with one attached hydrogen (secondary N) is 2. The first kappa shape index (κ1) is 16.2. The lowest BCUT2D eigenvalue weighted by Gasteiger charge is -2.32. The molecule has 0 aliphatic carbocycles. The molecule has 0 saturated carbocycles. The summed E-state index contributed by atoms with van der Waals surface area (Å²) in [6, 6.07) is 9.01. The lowest BCUT2D eigenvalue weighted by molar-refractivity contribution is 0.0529. The van der Waals surface area contributed by atoms with E-state index in [1.165, 1.54) is 0 Å². The average Bonchev–Trinajstić information content (AvgIpc) is 2.61. The van der Waals surface area contributed by atoms with E-state index in [1.54, 1.807) is 24.5 Å². The first-order chi connectivity index (χ1) is 11.7. The Labute approximate surface area is 141 Å². The van der Waals surface area contributed by atoms with E-state index in [1.807, 2.05) is 18.2 Å². The molecule has 1 aliphatic rings. The number of ether oxygens (including phenoxy) is 1. The molecule has 0 radical (unpaired) electrons. The maximum absolute atomic E-state index is 11.8. The van der Waals surface area contributed by atoms with Gasteiger partial charge in [0.1, 0.15) is 11.6 Å². The zero-order valence-electron chi connectivity index (χ0n) is 13.6. The molecule has 0 spiro atoms. The maximum atomic E-state index is 11.8. The molecule has 2 aromatic rings. The van der Waals surface area contributed by atoms with Crippen molar-refractivity contribution in [2.24, 2.45) is 0 Å². The van der Waals surface area contributed by atoms with Gasteiger partial charge in [-0.2, -0.15) is 0 Å².